The number of sulfonamides is 2. The van der Waals surface area contributed by atoms with Gasteiger partial charge in [-0.15, -0.1) is 15.7 Å². The third kappa shape index (κ3) is 3.51. The van der Waals surface area contributed by atoms with Crippen molar-refractivity contribution in [3.8, 4) is 0 Å². The van der Waals surface area contributed by atoms with Crippen LogP contribution in [0, 0.1) is 23.7 Å². The fourth-order valence-electron chi connectivity index (χ4n) is 5.42. The molecule has 1 unspecified atom stereocenters. The molecule has 5 aliphatic rings. The maximum Gasteiger partial charge on any atom is 0.287 e. The standard InChI is InChI=1S/C18H22N4O6S3/c1-30(25,26)19-6-10-7-29-18-15(10)31(27,28)22-16(21-18)12-14(23)11-8-2-4-9(5-3-8)13(11)20-17(12)24/h7-9,11-13,19H,2-6H2,1H3,(H,20,24)(H,21,22)/t8?,9?,11-,12?,13+/m1/s1. The Morgan fingerprint density at radius 2 is 1.87 bits per heavy atom. The molecule has 0 radical (unpaired) electrons. The first kappa shape index (κ1) is 21.0. The Balaban J connectivity index is 1.46. The van der Waals surface area contributed by atoms with Crippen LogP contribution < -0.4 is 15.4 Å². The fraction of sp³-hybridized carbons (Fsp3) is 0.611. The van der Waals surface area contributed by atoms with Crippen molar-refractivity contribution in [2.45, 2.75) is 43.2 Å². The predicted molar refractivity (Wildman–Crippen MR) is 114 cm³/mol. The van der Waals surface area contributed by atoms with E-state index in [0.29, 0.717) is 5.92 Å². The monoisotopic (exact) mass is 486 g/mol. The quantitative estimate of drug-likeness (QED) is 0.522. The first-order chi connectivity index (χ1) is 14.5. The first-order valence-electron chi connectivity index (χ1n) is 10.1. The number of carbonyl (C=O) groups is 2. The van der Waals surface area contributed by atoms with Gasteiger partial charge in [-0.1, -0.05) is 0 Å². The summed E-state index contributed by atoms with van der Waals surface area (Å²) in [5.74, 6) is -2.05. The molecule has 4 fully saturated rings. The van der Waals surface area contributed by atoms with Gasteiger partial charge in [-0.2, -0.15) is 8.42 Å². The summed E-state index contributed by atoms with van der Waals surface area (Å²) in [4.78, 5) is 26.1. The molecule has 3 aliphatic carbocycles. The molecule has 6 rings (SSSR count). The third-order valence-corrected chi connectivity index (χ3v) is 9.90. The minimum Gasteiger partial charge on any atom is -0.351 e. The van der Waals surface area contributed by atoms with Gasteiger partial charge in [0.1, 0.15) is 15.7 Å². The number of nitrogens with zero attached hydrogens (tertiary/aromatic N) is 1. The Hall–Kier alpha value is -1.83. The van der Waals surface area contributed by atoms with E-state index in [-0.39, 0.29) is 51.5 Å². The van der Waals surface area contributed by atoms with Crippen LogP contribution in [0.15, 0.2) is 14.7 Å². The van der Waals surface area contributed by atoms with Crippen molar-refractivity contribution in [2.24, 2.45) is 28.1 Å². The number of ketones is 1. The Labute approximate surface area is 184 Å². The smallest absolute Gasteiger partial charge is 0.287 e. The van der Waals surface area contributed by atoms with Crippen LogP contribution in [-0.4, -0.2) is 46.7 Å². The van der Waals surface area contributed by atoms with Crippen molar-refractivity contribution in [1.82, 2.24) is 10.0 Å². The van der Waals surface area contributed by atoms with E-state index in [1.54, 1.807) is 0 Å². The van der Waals surface area contributed by atoms with Crippen molar-refractivity contribution < 1.29 is 26.4 Å². The number of rotatable bonds is 4. The van der Waals surface area contributed by atoms with E-state index in [0.717, 1.165) is 43.3 Å². The van der Waals surface area contributed by atoms with Gasteiger partial charge in [-0.3, -0.25) is 9.59 Å². The summed E-state index contributed by atoms with van der Waals surface area (Å²) in [6, 6.07) is -0.171. The van der Waals surface area contributed by atoms with Crippen LogP contribution in [0.2, 0.25) is 0 Å². The average molecular weight is 487 g/mol. The summed E-state index contributed by atoms with van der Waals surface area (Å²) in [6.07, 6.45) is 4.88. The predicted octanol–water partition coefficient (Wildman–Crippen LogP) is 0.430. The van der Waals surface area contributed by atoms with Crippen LogP contribution in [0.5, 0.6) is 0 Å². The second-order valence-corrected chi connectivity index (χ2v) is 12.9. The lowest BCUT2D eigenvalue weighted by Crippen LogP contribution is -2.65. The molecule has 0 spiro atoms. The summed E-state index contributed by atoms with van der Waals surface area (Å²) >= 11 is 1.06. The molecule has 2 bridgehead atoms. The van der Waals surface area contributed by atoms with Crippen LogP contribution in [0.1, 0.15) is 31.2 Å². The molecule has 0 aromatic carbocycles. The molecule has 10 nitrogen and oxygen atoms in total. The number of nitrogens with one attached hydrogen (secondary N) is 3. The summed E-state index contributed by atoms with van der Waals surface area (Å²) in [5, 5.41) is 7.59. The van der Waals surface area contributed by atoms with Crippen molar-refractivity contribution in [2.75, 3.05) is 11.6 Å². The number of amidine groups is 1. The maximum absolute atomic E-state index is 13.4. The lowest BCUT2D eigenvalue weighted by molar-refractivity contribution is -0.145. The van der Waals surface area contributed by atoms with Crippen LogP contribution in [0.3, 0.4) is 0 Å². The molecule has 13 heteroatoms. The molecular weight excluding hydrogens is 464 g/mol. The summed E-state index contributed by atoms with van der Waals surface area (Å²) < 4.78 is 54.6. The van der Waals surface area contributed by atoms with Gasteiger partial charge in [0, 0.05) is 24.1 Å². The Morgan fingerprint density at radius 1 is 1.19 bits per heavy atom. The third-order valence-electron chi connectivity index (χ3n) is 6.74. The first-order valence-corrected chi connectivity index (χ1v) is 14.3. The van der Waals surface area contributed by atoms with Gasteiger partial charge in [0.25, 0.3) is 10.0 Å². The highest BCUT2D eigenvalue weighted by Gasteiger charge is 2.55. The number of Topliss-reactive ketones (excluding diaryl/α,β-unsaturated/α-hetero) is 1. The van der Waals surface area contributed by atoms with Gasteiger partial charge in [-0.05, 0) is 42.9 Å². The zero-order valence-electron chi connectivity index (χ0n) is 16.6. The number of hydrogen-bond acceptors (Lipinski definition) is 8. The van der Waals surface area contributed by atoms with Crippen molar-refractivity contribution in [1.29, 1.82) is 0 Å². The summed E-state index contributed by atoms with van der Waals surface area (Å²) in [7, 11) is -7.73. The highest BCUT2D eigenvalue weighted by molar-refractivity contribution is 7.91. The van der Waals surface area contributed by atoms with E-state index in [4.69, 9.17) is 0 Å². The van der Waals surface area contributed by atoms with E-state index in [1.165, 1.54) is 5.38 Å². The minimum absolute atomic E-state index is 0.129. The minimum atomic E-state index is -4.21. The number of piperidine rings is 1. The van der Waals surface area contributed by atoms with E-state index in [9.17, 15) is 26.4 Å². The van der Waals surface area contributed by atoms with Gasteiger partial charge in [0.15, 0.2) is 11.7 Å². The molecule has 3 N–H and O–H groups in total. The zero-order chi connectivity index (χ0) is 22.1. The largest absolute Gasteiger partial charge is 0.351 e. The lowest BCUT2D eigenvalue weighted by atomic mass is 9.58. The van der Waals surface area contributed by atoms with Crippen molar-refractivity contribution in [3.63, 3.8) is 0 Å². The summed E-state index contributed by atoms with van der Waals surface area (Å²) in [5.41, 5.74) is 0.254. The lowest BCUT2D eigenvalue weighted by Gasteiger charge is -2.51. The van der Waals surface area contributed by atoms with E-state index in [1.807, 2.05) is 0 Å². The second kappa shape index (κ2) is 7.09. The second-order valence-electron chi connectivity index (χ2n) is 8.66. The molecule has 168 valence electrons. The van der Waals surface area contributed by atoms with Crippen LogP contribution in [-0.2, 0) is 36.2 Å². The maximum atomic E-state index is 13.4. The molecule has 31 heavy (non-hydrogen) atoms. The highest BCUT2D eigenvalue weighted by Crippen LogP contribution is 2.48. The van der Waals surface area contributed by atoms with Crippen molar-refractivity contribution in [3.05, 3.63) is 10.9 Å². The van der Waals surface area contributed by atoms with Gasteiger partial charge in [-0.25, -0.2) is 13.1 Å². The molecule has 1 amide bonds. The zero-order valence-corrected chi connectivity index (χ0v) is 19.1. The number of carbonyl (C=O) groups excluding carboxylic acids is 2. The average Bonchev–Trinajstić information content (AvgIpc) is 3.10. The molecule has 3 heterocycles. The molecule has 1 aromatic rings. The molecule has 1 saturated heterocycles. The Morgan fingerprint density at radius 3 is 2.55 bits per heavy atom. The summed E-state index contributed by atoms with van der Waals surface area (Å²) in [6.45, 7) is -0.202. The topological polar surface area (TPSA) is 151 Å². The van der Waals surface area contributed by atoms with E-state index < -0.39 is 31.9 Å². The normalized spacial score (nSPS) is 33.7. The van der Waals surface area contributed by atoms with Crippen molar-refractivity contribution >= 4 is 53.9 Å². The fourth-order valence-corrected chi connectivity index (χ4v) is 8.48. The van der Waals surface area contributed by atoms with Gasteiger partial charge >= 0.3 is 0 Å². The van der Waals surface area contributed by atoms with Gasteiger partial charge in [0.05, 0.1) is 6.26 Å². The van der Waals surface area contributed by atoms with Gasteiger partial charge in [0.2, 0.25) is 15.9 Å². The number of anilines is 1. The van der Waals surface area contributed by atoms with Crippen LogP contribution in [0.25, 0.3) is 0 Å². The molecule has 1 aromatic heterocycles. The van der Waals surface area contributed by atoms with Crippen LogP contribution >= 0.6 is 11.3 Å². The number of hydrogen-bond donors (Lipinski definition) is 3. The molecule has 2 aliphatic heterocycles. The molecular formula is C18H22N4O6S3. The highest BCUT2D eigenvalue weighted by atomic mass is 32.2. The molecule has 3 saturated carbocycles. The van der Waals surface area contributed by atoms with Crippen LogP contribution in [0.4, 0.5) is 5.00 Å². The number of fused-ring (bicyclic) bond motifs is 3. The Bertz CT molecular complexity index is 1210. The van der Waals surface area contributed by atoms with E-state index >= 15 is 0 Å². The Kier molecular flexibility index (Phi) is 4.81. The number of amides is 1. The number of thiophene rings is 1. The van der Waals surface area contributed by atoms with Gasteiger partial charge < -0.3 is 10.6 Å². The SMILES string of the molecule is CS(=O)(=O)NCc1csc2c1S(=O)(=O)N=C(C1C(=O)N[C@H]3C4CCC(CC4)[C@H]3C1=O)N2. The van der Waals surface area contributed by atoms with E-state index in [2.05, 4.69) is 19.8 Å². The molecule has 3 atom stereocenters.